The number of pyridine rings is 1. The number of rotatable bonds is 3. The van der Waals surface area contributed by atoms with E-state index in [1.165, 1.54) is 0 Å². The van der Waals surface area contributed by atoms with Crippen LogP contribution >= 0.6 is 11.3 Å². The fourth-order valence-electron chi connectivity index (χ4n) is 1.97. The molecule has 23 heavy (non-hydrogen) atoms. The van der Waals surface area contributed by atoms with Crippen molar-refractivity contribution in [3.8, 4) is 17.6 Å². The van der Waals surface area contributed by atoms with Crippen LogP contribution in [0.2, 0.25) is 0 Å². The molecule has 0 spiro atoms. The molecule has 0 amide bonds. The number of allylic oxidation sites excluding steroid dienone is 1. The second-order valence-electron chi connectivity index (χ2n) is 4.67. The van der Waals surface area contributed by atoms with Gasteiger partial charge in [0.2, 0.25) is 0 Å². The van der Waals surface area contributed by atoms with Crippen LogP contribution in [0.25, 0.3) is 16.3 Å². The van der Waals surface area contributed by atoms with Crippen LogP contribution in [0.15, 0.2) is 42.6 Å². The van der Waals surface area contributed by atoms with Crippen molar-refractivity contribution in [3.05, 3.63) is 53.2 Å². The number of nitrogens with zero attached hydrogens (tertiary/aromatic N) is 2. The van der Waals surface area contributed by atoms with Gasteiger partial charge in [0.05, 0.1) is 17.3 Å². The highest BCUT2D eigenvalue weighted by molar-refractivity contribution is 7.19. The number of methoxy groups -OCH3 is 1. The van der Waals surface area contributed by atoms with Gasteiger partial charge in [-0.1, -0.05) is 11.8 Å². The lowest BCUT2D eigenvalue weighted by molar-refractivity contribution is 0.415. The number of aromatic nitrogens is 2. The second kappa shape index (κ2) is 6.95. The Labute approximate surface area is 138 Å². The summed E-state index contributed by atoms with van der Waals surface area (Å²) < 4.78 is 6.32. The van der Waals surface area contributed by atoms with Gasteiger partial charge < -0.3 is 10.1 Å². The average Bonchev–Trinajstić information content (AvgIpc) is 3.01. The van der Waals surface area contributed by atoms with Gasteiger partial charge in [0, 0.05) is 18.8 Å². The van der Waals surface area contributed by atoms with Crippen molar-refractivity contribution in [2.24, 2.45) is 0 Å². The maximum atomic E-state index is 5.22. The lowest BCUT2D eigenvalue weighted by atomic mass is 10.3. The molecule has 0 bridgehead atoms. The van der Waals surface area contributed by atoms with Crippen LogP contribution in [0.5, 0.6) is 5.75 Å². The van der Waals surface area contributed by atoms with E-state index in [-0.39, 0.29) is 0 Å². The minimum Gasteiger partial charge on any atom is -0.497 e. The maximum absolute atomic E-state index is 5.22. The number of anilines is 1. The number of fused-ring (bicyclic) bond motifs is 1. The number of benzene rings is 1. The molecule has 2 heterocycles. The summed E-state index contributed by atoms with van der Waals surface area (Å²) >= 11 is 1.61. The van der Waals surface area contributed by atoms with Crippen molar-refractivity contribution in [1.29, 1.82) is 0 Å². The molecule has 0 fully saturated rings. The third-order valence-corrected chi connectivity index (χ3v) is 4.14. The smallest absolute Gasteiger partial charge is 0.125 e. The van der Waals surface area contributed by atoms with Crippen molar-refractivity contribution < 1.29 is 4.74 Å². The highest BCUT2D eigenvalue weighted by atomic mass is 32.1. The predicted octanol–water partition coefficient (Wildman–Crippen LogP) is 3.81. The quantitative estimate of drug-likeness (QED) is 0.745. The molecule has 3 aromatic rings. The third-order valence-electron chi connectivity index (χ3n) is 3.16. The highest BCUT2D eigenvalue weighted by Gasteiger charge is 2.02. The Morgan fingerprint density at radius 1 is 1.26 bits per heavy atom. The van der Waals surface area contributed by atoms with Crippen molar-refractivity contribution in [1.82, 2.24) is 9.97 Å². The van der Waals surface area contributed by atoms with Crippen molar-refractivity contribution in [2.45, 2.75) is 0 Å². The molecule has 114 valence electrons. The van der Waals surface area contributed by atoms with Crippen LogP contribution in [0.4, 0.5) is 5.82 Å². The number of nitrogens with one attached hydrogen (secondary N) is 1. The molecule has 4 nitrogen and oxygen atoms in total. The lowest BCUT2D eigenvalue weighted by Crippen LogP contribution is -1.90. The van der Waals surface area contributed by atoms with Gasteiger partial charge in [0.1, 0.15) is 16.6 Å². The second-order valence-corrected chi connectivity index (χ2v) is 5.73. The Kier molecular flexibility index (Phi) is 4.55. The fraction of sp³-hybridized carbons (Fsp3) is 0.111. The van der Waals surface area contributed by atoms with Gasteiger partial charge in [0.25, 0.3) is 0 Å². The van der Waals surface area contributed by atoms with E-state index >= 15 is 0 Å². The van der Waals surface area contributed by atoms with Gasteiger partial charge in [-0.05, 0) is 42.5 Å². The van der Waals surface area contributed by atoms with E-state index in [0.29, 0.717) is 0 Å². The summed E-state index contributed by atoms with van der Waals surface area (Å²) in [6.45, 7) is 0. The maximum Gasteiger partial charge on any atom is 0.125 e. The van der Waals surface area contributed by atoms with E-state index in [0.717, 1.165) is 32.4 Å². The zero-order valence-electron chi connectivity index (χ0n) is 12.8. The predicted molar refractivity (Wildman–Crippen MR) is 95.9 cm³/mol. The van der Waals surface area contributed by atoms with Crippen LogP contribution in [0, 0.1) is 11.8 Å². The Morgan fingerprint density at radius 2 is 2.17 bits per heavy atom. The molecule has 0 atom stereocenters. The van der Waals surface area contributed by atoms with Crippen LogP contribution in [0.1, 0.15) is 10.6 Å². The van der Waals surface area contributed by atoms with Crippen molar-refractivity contribution >= 4 is 33.4 Å². The molecule has 1 aromatic carbocycles. The molecular weight excluding hydrogens is 306 g/mol. The summed E-state index contributed by atoms with van der Waals surface area (Å²) in [7, 11) is 3.50. The van der Waals surface area contributed by atoms with E-state index < -0.39 is 0 Å². The summed E-state index contributed by atoms with van der Waals surface area (Å²) in [4.78, 5) is 8.76. The van der Waals surface area contributed by atoms with Crippen molar-refractivity contribution in [2.75, 3.05) is 19.5 Å². The minimum atomic E-state index is 0.830. The molecule has 0 unspecified atom stereocenters. The van der Waals surface area contributed by atoms with Crippen LogP contribution < -0.4 is 10.1 Å². The van der Waals surface area contributed by atoms with Gasteiger partial charge in [-0.3, -0.25) is 0 Å². The summed E-state index contributed by atoms with van der Waals surface area (Å²) in [5.74, 6) is 7.72. The zero-order valence-corrected chi connectivity index (χ0v) is 13.6. The summed E-state index contributed by atoms with van der Waals surface area (Å²) in [6, 6.07) is 9.70. The number of hydrogen-bond donors (Lipinski definition) is 1. The summed E-state index contributed by atoms with van der Waals surface area (Å²) in [5, 5.41) is 3.90. The first-order valence-corrected chi connectivity index (χ1v) is 7.86. The summed E-state index contributed by atoms with van der Waals surface area (Å²) in [6.07, 6.45) is 5.47. The summed E-state index contributed by atoms with van der Waals surface area (Å²) in [5.41, 5.74) is 1.85. The molecule has 3 rings (SSSR count). The average molecular weight is 321 g/mol. The first-order valence-electron chi connectivity index (χ1n) is 7.05. The number of hydrogen-bond acceptors (Lipinski definition) is 5. The van der Waals surface area contributed by atoms with E-state index in [4.69, 9.17) is 4.74 Å². The monoisotopic (exact) mass is 321 g/mol. The zero-order chi connectivity index (χ0) is 16.1. The molecule has 0 aliphatic rings. The van der Waals surface area contributed by atoms with Gasteiger partial charge in [-0.25, -0.2) is 9.97 Å². The number of ether oxygens (including phenoxy) is 1. The van der Waals surface area contributed by atoms with Gasteiger partial charge in [-0.15, -0.1) is 11.3 Å². The van der Waals surface area contributed by atoms with E-state index in [2.05, 4.69) is 27.1 Å². The standard InChI is InChI=1S/C18H15N3OS/c1-19-17-10-7-13(12-20-17)5-3-4-6-18-21-15-9-8-14(22-2)11-16(15)23-18/h4,6-12H,1-2H3,(H,19,20)/b6-4+. The molecule has 0 aliphatic heterocycles. The molecule has 0 radical (unpaired) electrons. The molecular formula is C18H15N3OS. The van der Waals surface area contributed by atoms with Gasteiger partial charge >= 0.3 is 0 Å². The normalized spacial score (nSPS) is 10.5. The SMILES string of the molecule is CNc1ccc(C#C/C=C/c2nc3ccc(OC)cc3s2)cn1. The minimum absolute atomic E-state index is 0.830. The fourth-order valence-corrected chi connectivity index (χ4v) is 2.87. The third kappa shape index (κ3) is 3.68. The van der Waals surface area contributed by atoms with Gasteiger partial charge in [-0.2, -0.15) is 0 Å². The molecule has 1 N–H and O–H groups in total. The molecule has 2 aromatic heterocycles. The Bertz CT molecular complexity index is 901. The molecule has 0 aliphatic carbocycles. The topological polar surface area (TPSA) is 47.0 Å². The van der Waals surface area contributed by atoms with E-state index in [1.54, 1.807) is 30.7 Å². The Morgan fingerprint density at radius 3 is 2.91 bits per heavy atom. The first-order chi connectivity index (χ1) is 11.3. The van der Waals surface area contributed by atoms with E-state index in [1.807, 2.05) is 43.5 Å². The Balaban J connectivity index is 1.74. The van der Waals surface area contributed by atoms with Gasteiger partial charge in [0.15, 0.2) is 0 Å². The van der Waals surface area contributed by atoms with Crippen molar-refractivity contribution in [3.63, 3.8) is 0 Å². The number of thiazole rings is 1. The Hall–Kier alpha value is -2.84. The van der Waals surface area contributed by atoms with Crippen LogP contribution in [-0.4, -0.2) is 24.1 Å². The first kappa shape index (κ1) is 15.1. The van der Waals surface area contributed by atoms with Crippen LogP contribution in [-0.2, 0) is 0 Å². The largest absolute Gasteiger partial charge is 0.497 e. The molecule has 5 heteroatoms. The van der Waals surface area contributed by atoms with E-state index in [9.17, 15) is 0 Å². The molecule has 0 saturated carbocycles. The lowest BCUT2D eigenvalue weighted by Gasteiger charge is -1.96. The van der Waals surface area contributed by atoms with Crippen LogP contribution in [0.3, 0.4) is 0 Å². The molecule has 0 saturated heterocycles. The highest BCUT2D eigenvalue weighted by Crippen LogP contribution is 2.26.